The molecule has 0 amide bonds. The second-order valence-electron chi connectivity index (χ2n) is 4.26. The number of hydrogen-bond acceptors (Lipinski definition) is 7. The highest BCUT2D eigenvalue weighted by Crippen LogP contribution is 2.27. The van der Waals surface area contributed by atoms with Crippen LogP contribution >= 0.6 is 0 Å². The summed E-state index contributed by atoms with van der Waals surface area (Å²) in [5.74, 6) is 0.598. The number of nitrogens with zero attached hydrogens (tertiary/aromatic N) is 4. The van der Waals surface area contributed by atoms with Crippen molar-refractivity contribution in [3.63, 3.8) is 0 Å². The smallest absolute Gasteiger partial charge is 0.224 e. The second kappa shape index (κ2) is 4.20. The highest BCUT2D eigenvalue weighted by molar-refractivity contribution is 5.86. The first-order chi connectivity index (χ1) is 9.15. The first-order valence-electron chi connectivity index (χ1n) is 5.87. The fourth-order valence-electron chi connectivity index (χ4n) is 2.03. The molecule has 0 aliphatic heterocycles. The van der Waals surface area contributed by atoms with E-state index in [2.05, 4.69) is 26.0 Å². The van der Waals surface area contributed by atoms with Crippen LogP contribution in [0.4, 0.5) is 17.6 Å². The molecule has 0 bridgehead atoms. The third-order valence-electron chi connectivity index (χ3n) is 2.92. The van der Waals surface area contributed by atoms with E-state index in [1.54, 1.807) is 0 Å². The van der Waals surface area contributed by atoms with Crippen molar-refractivity contribution in [2.45, 2.75) is 12.8 Å². The van der Waals surface area contributed by atoms with E-state index in [1.165, 1.54) is 0 Å². The van der Waals surface area contributed by atoms with Crippen LogP contribution in [0, 0.1) is 0 Å². The zero-order valence-electron chi connectivity index (χ0n) is 10.2. The summed E-state index contributed by atoms with van der Waals surface area (Å²) >= 11 is 0. The Kier molecular flexibility index (Phi) is 2.52. The molecule has 2 aromatic heterocycles. The van der Waals surface area contributed by atoms with E-state index in [1.807, 2.05) is 12.2 Å². The van der Waals surface area contributed by atoms with Gasteiger partial charge in [-0.05, 0) is 18.4 Å². The number of aromatic nitrogens is 4. The maximum absolute atomic E-state index is 5.94. The summed E-state index contributed by atoms with van der Waals surface area (Å²) in [7, 11) is 0. The third kappa shape index (κ3) is 1.95. The number of hydrogen-bond donors (Lipinski definition) is 3. The van der Waals surface area contributed by atoms with Crippen molar-refractivity contribution in [1.29, 1.82) is 0 Å². The van der Waals surface area contributed by atoms with Gasteiger partial charge in [-0.2, -0.15) is 9.97 Å². The first-order valence-corrected chi connectivity index (χ1v) is 5.87. The van der Waals surface area contributed by atoms with Gasteiger partial charge in [0.1, 0.15) is 5.69 Å². The molecule has 96 valence electrons. The van der Waals surface area contributed by atoms with E-state index in [4.69, 9.17) is 17.2 Å². The molecule has 7 heteroatoms. The lowest BCUT2D eigenvalue weighted by Crippen LogP contribution is -2.08. The first kappa shape index (κ1) is 11.4. The quantitative estimate of drug-likeness (QED) is 0.690. The molecule has 0 atom stereocenters. The van der Waals surface area contributed by atoms with Crippen molar-refractivity contribution in [2.75, 3.05) is 17.2 Å². The molecule has 0 radical (unpaired) electrons. The number of allylic oxidation sites excluding steroid dienone is 4. The van der Waals surface area contributed by atoms with Crippen LogP contribution in [-0.2, 0) is 0 Å². The molecule has 0 aromatic carbocycles. The number of nitrogen functional groups attached to an aromatic ring is 3. The molecule has 3 rings (SSSR count). The molecular weight excluding hydrogens is 242 g/mol. The lowest BCUT2D eigenvalue weighted by molar-refractivity contribution is 1.04. The van der Waals surface area contributed by atoms with Gasteiger partial charge >= 0.3 is 0 Å². The summed E-state index contributed by atoms with van der Waals surface area (Å²) in [5, 5.41) is 0. The molecule has 6 N–H and O–H groups in total. The molecule has 0 spiro atoms. The Bertz CT molecular complexity index is 718. The normalized spacial score (nSPS) is 14.6. The highest BCUT2D eigenvalue weighted by atomic mass is 15.1. The lowest BCUT2D eigenvalue weighted by atomic mass is 10.0. The molecule has 1 aliphatic carbocycles. The van der Waals surface area contributed by atoms with Crippen LogP contribution < -0.4 is 17.2 Å². The lowest BCUT2D eigenvalue weighted by Gasteiger charge is -2.11. The molecule has 2 aromatic rings. The molecule has 19 heavy (non-hydrogen) atoms. The molecular formula is C12H13N7. The van der Waals surface area contributed by atoms with Gasteiger partial charge in [0.25, 0.3) is 0 Å². The van der Waals surface area contributed by atoms with Crippen LogP contribution in [0.25, 0.3) is 16.7 Å². The third-order valence-corrected chi connectivity index (χ3v) is 2.92. The van der Waals surface area contributed by atoms with Gasteiger partial charge in [-0.1, -0.05) is 18.2 Å². The van der Waals surface area contributed by atoms with Gasteiger partial charge < -0.3 is 17.2 Å². The van der Waals surface area contributed by atoms with Crippen molar-refractivity contribution in [3.8, 4) is 0 Å². The minimum Gasteiger partial charge on any atom is -0.382 e. The van der Waals surface area contributed by atoms with Crippen LogP contribution in [-0.4, -0.2) is 19.9 Å². The second-order valence-corrected chi connectivity index (χ2v) is 4.26. The molecule has 7 nitrogen and oxygen atoms in total. The Labute approximate surface area is 109 Å². The monoisotopic (exact) mass is 255 g/mol. The molecule has 0 saturated heterocycles. The van der Waals surface area contributed by atoms with Gasteiger partial charge in [-0.3, -0.25) is 0 Å². The minimum absolute atomic E-state index is 0.0614. The zero-order valence-corrected chi connectivity index (χ0v) is 10.2. The number of fused-ring (bicyclic) bond motifs is 1. The minimum atomic E-state index is 0.0614. The van der Waals surface area contributed by atoms with Crippen molar-refractivity contribution >= 4 is 34.3 Å². The molecule has 1 aliphatic rings. The van der Waals surface area contributed by atoms with Crippen LogP contribution in [0.3, 0.4) is 0 Å². The Morgan fingerprint density at radius 1 is 0.947 bits per heavy atom. The summed E-state index contributed by atoms with van der Waals surface area (Å²) in [4.78, 5) is 16.5. The van der Waals surface area contributed by atoms with Crippen LogP contribution in [0.15, 0.2) is 18.2 Å². The average Bonchev–Trinajstić information content (AvgIpc) is 2.38. The van der Waals surface area contributed by atoms with Gasteiger partial charge in [-0.25, -0.2) is 9.97 Å². The van der Waals surface area contributed by atoms with E-state index in [9.17, 15) is 0 Å². The molecule has 0 unspecified atom stereocenters. The topological polar surface area (TPSA) is 130 Å². The van der Waals surface area contributed by atoms with E-state index in [0.717, 1.165) is 18.4 Å². The number of nitrogens with two attached hydrogens (primary N) is 3. The average molecular weight is 255 g/mol. The number of rotatable bonds is 1. The fourth-order valence-corrected chi connectivity index (χ4v) is 2.03. The van der Waals surface area contributed by atoms with Gasteiger partial charge in [0.15, 0.2) is 22.8 Å². The van der Waals surface area contributed by atoms with Crippen molar-refractivity contribution < 1.29 is 0 Å². The van der Waals surface area contributed by atoms with Crippen LogP contribution in [0.5, 0.6) is 0 Å². The predicted octanol–water partition coefficient (Wildman–Crippen LogP) is 0.900. The van der Waals surface area contributed by atoms with Crippen LogP contribution in [0.2, 0.25) is 0 Å². The predicted molar refractivity (Wildman–Crippen MR) is 74.7 cm³/mol. The zero-order chi connectivity index (χ0) is 13.4. The fraction of sp³-hybridized carbons (Fsp3) is 0.167. The SMILES string of the molecule is Nc1nc(N)c2nc(C3=CC=CCC3)c(N)nc2n1. The van der Waals surface area contributed by atoms with E-state index in [0.29, 0.717) is 22.7 Å². The van der Waals surface area contributed by atoms with Gasteiger partial charge in [0.05, 0.1) is 0 Å². The summed E-state index contributed by atoms with van der Waals surface area (Å²) < 4.78 is 0. The van der Waals surface area contributed by atoms with Crippen LogP contribution in [0.1, 0.15) is 18.5 Å². The van der Waals surface area contributed by atoms with E-state index >= 15 is 0 Å². The van der Waals surface area contributed by atoms with Gasteiger partial charge in [-0.15, -0.1) is 0 Å². The van der Waals surface area contributed by atoms with Crippen molar-refractivity contribution in [2.24, 2.45) is 0 Å². The molecule has 0 fully saturated rings. The van der Waals surface area contributed by atoms with Crippen molar-refractivity contribution in [1.82, 2.24) is 19.9 Å². The van der Waals surface area contributed by atoms with Gasteiger partial charge in [0, 0.05) is 0 Å². The Morgan fingerprint density at radius 3 is 2.53 bits per heavy atom. The highest BCUT2D eigenvalue weighted by Gasteiger charge is 2.14. The largest absolute Gasteiger partial charge is 0.382 e. The Balaban J connectivity index is 2.24. The standard InChI is InChI=1S/C12H13N7/c13-9-7(6-4-2-1-3-5-6)16-8-10(14)18-12(15)19-11(8)17-9/h1-2,4H,3,5H2,(H6,13,14,15,17,18,19). The maximum atomic E-state index is 5.94. The Morgan fingerprint density at radius 2 is 1.79 bits per heavy atom. The van der Waals surface area contributed by atoms with Crippen molar-refractivity contribution in [3.05, 3.63) is 23.9 Å². The summed E-state index contributed by atoms with van der Waals surface area (Å²) in [6.45, 7) is 0. The van der Waals surface area contributed by atoms with E-state index < -0.39 is 0 Å². The molecule has 2 heterocycles. The summed E-state index contributed by atoms with van der Waals surface area (Å²) in [5.41, 5.74) is 19.7. The van der Waals surface area contributed by atoms with Gasteiger partial charge in [0.2, 0.25) is 5.95 Å². The Hall–Kier alpha value is -2.70. The maximum Gasteiger partial charge on any atom is 0.224 e. The summed E-state index contributed by atoms with van der Waals surface area (Å²) in [6, 6.07) is 0. The van der Waals surface area contributed by atoms with E-state index in [-0.39, 0.29) is 11.8 Å². The summed E-state index contributed by atoms with van der Waals surface area (Å²) in [6.07, 6.45) is 7.87. The number of anilines is 3. The molecule has 0 saturated carbocycles.